The second-order valence-corrected chi connectivity index (χ2v) is 16.2. The second kappa shape index (κ2) is 10.8. The van der Waals surface area contributed by atoms with Crippen LogP contribution in [0.25, 0.3) is 60.5 Å². The van der Waals surface area contributed by atoms with Crippen LogP contribution in [0.2, 0.25) is 0 Å². The molecule has 0 radical (unpaired) electrons. The fourth-order valence-corrected chi connectivity index (χ4v) is 11.7. The molecular weight excluding hydrogens is 657 g/mol. The van der Waals surface area contributed by atoms with Gasteiger partial charge in [-0.3, -0.25) is 0 Å². The van der Waals surface area contributed by atoms with Gasteiger partial charge in [-0.05, 0) is 113 Å². The van der Waals surface area contributed by atoms with Crippen LogP contribution >= 0.6 is 11.8 Å². The first-order chi connectivity index (χ1) is 26.2. The molecule has 12 rings (SSSR count). The molecule has 1 aliphatic heterocycles. The Labute approximate surface area is 314 Å². The molecule has 1 spiro atoms. The van der Waals surface area contributed by atoms with E-state index in [2.05, 4.69) is 183 Å². The molecule has 53 heavy (non-hydrogen) atoms. The molecule has 1 heterocycles. The maximum absolute atomic E-state index is 2.48. The number of allylic oxidation sites excluding steroid dienone is 4. The van der Waals surface area contributed by atoms with E-state index in [0.29, 0.717) is 0 Å². The van der Waals surface area contributed by atoms with Crippen molar-refractivity contribution in [3.63, 3.8) is 0 Å². The minimum absolute atomic E-state index is 0.256. The lowest BCUT2D eigenvalue weighted by Crippen LogP contribution is -2.36. The molecule has 0 N–H and O–H groups in total. The van der Waals surface area contributed by atoms with E-state index in [1.165, 1.54) is 104 Å². The van der Waals surface area contributed by atoms with E-state index in [9.17, 15) is 0 Å². The van der Waals surface area contributed by atoms with E-state index < -0.39 is 0 Å². The topological polar surface area (TPSA) is 0 Å². The van der Waals surface area contributed by atoms with Crippen LogP contribution in [-0.4, -0.2) is 0 Å². The van der Waals surface area contributed by atoms with Gasteiger partial charge in [0.15, 0.2) is 0 Å². The van der Waals surface area contributed by atoms with Gasteiger partial charge in [0.05, 0.1) is 5.41 Å². The first-order valence-electron chi connectivity index (χ1n) is 18.8. The molecule has 0 amide bonds. The molecule has 0 bridgehead atoms. The van der Waals surface area contributed by atoms with Gasteiger partial charge in [0.1, 0.15) is 0 Å². The summed E-state index contributed by atoms with van der Waals surface area (Å²) in [5, 5.41) is 5.39. The lowest BCUT2D eigenvalue weighted by Gasteiger charge is -2.44. The Balaban J connectivity index is 0.978. The zero-order valence-electron chi connectivity index (χ0n) is 29.3. The fourth-order valence-electron chi connectivity index (χ4n) is 10.5. The Bertz CT molecular complexity index is 2930. The van der Waals surface area contributed by atoms with Crippen LogP contribution in [0.4, 0.5) is 0 Å². The van der Waals surface area contributed by atoms with Crippen LogP contribution in [-0.2, 0) is 5.41 Å². The summed E-state index contributed by atoms with van der Waals surface area (Å²) < 4.78 is 0. The van der Waals surface area contributed by atoms with E-state index in [0.717, 1.165) is 0 Å². The van der Waals surface area contributed by atoms with E-state index in [4.69, 9.17) is 0 Å². The maximum Gasteiger partial charge on any atom is 0.0691 e. The Hall–Kier alpha value is -5.89. The van der Waals surface area contributed by atoms with Gasteiger partial charge < -0.3 is 0 Å². The number of hydrogen-bond donors (Lipinski definition) is 0. The first-order valence-corrected chi connectivity index (χ1v) is 19.6. The number of fused-ring (bicyclic) bond motifs is 10. The number of benzene rings is 8. The van der Waals surface area contributed by atoms with Crippen molar-refractivity contribution in [2.45, 2.75) is 28.0 Å². The SMILES string of the molecule is CC1C2=C(C=CC1c1ccc(-c3ccc4c(c3)-c3cccc5cccc(c35)S4)cc1)c1ccccc1C21c2ccccc2-c2cccc3cccc1c23. The van der Waals surface area contributed by atoms with Gasteiger partial charge in [-0.1, -0.05) is 176 Å². The lowest BCUT2D eigenvalue weighted by atomic mass is 9.57. The maximum atomic E-state index is 2.48. The van der Waals surface area contributed by atoms with Crippen LogP contribution in [0.1, 0.15) is 40.7 Å². The Kier molecular flexibility index (Phi) is 6.06. The molecule has 4 aliphatic rings. The van der Waals surface area contributed by atoms with Gasteiger partial charge in [0, 0.05) is 21.1 Å². The van der Waals surface area contributed by atoms with Crippen LogP contribution in [0.3, 0.4) is 0 Å². The van der Waals surface area contributed by atoms with Gasteiger partial charge in [0.2, 0.25) is 0 Å². The molecule has 3 atom stereocenters. The summed E-state index contributed by atoms with van der Waals surface area (Å²) in [6, 6.07) is 62.1. The van der Waals surface area contributed by atoms with Crippen molar-refractivity contribution < 1.29 is 0 Å². The fraction of sp³-hybridized carbons (Fsp3) is 0.0769. The molecule has 3 aliphatic carbocycles. The Morgan fingerprint density at radius 2 is 1.08 bits per heavy atom. The highest BCUT2D eigenvalue weighted by atomic mass is 32.2. The van der Waals surface area contributed by atoms with Crippen molar-refractivity contribution in [3.05, 3.63) is 209 Å². The van der Waals surface area contributed by atoms with Gasteiger partial charge >= 0.3 is 0 Å². The standard InChI is InChI=1S/C52H34S/c1-31-37(33-24-22-32(23-25-33)36-26-29-47-43(30-36)41-17-7-11-35-13-9-21-48(53-47)50(35)41)27-28-42-39-15-3-5-19-45(39)52(51(31)42)44-18-4-2-14-38(44)40-16-6-10-34-12-8-20-46(52)49(34)40/h2-31,37H,1H3. The third-order valence-corrected chi connectivity index (χ3v) is 13.8. The highest BCUT2D eigenvalue weighted by Gasteiger charge is 2.53. The van der Waals surface area contributed by atoms with Crippen molar-refractivity contribution in [1.82, 2.24) is 0 Å². The summed E-state index contributed by atoms with van der Waals surface area (Å²) in [6.07, 6.45) is 4.93. The summed E-state index contributed by atoms with van der Waals surface area (Å²) >= 11 is 1.89. The van der Waals surface area contributed by atoms with E-state index >= 15 is 0 Å². The molecule has 3 unspecified atom stereocenters. The summed E-state index contributed by atoms with van der Waals surface area (Å²) in [5.41, 5.74) is 17.4. The monoisotopic (exact) mass is 690 g/mol. The molecule has 0 fully saturated rings. The van der Waals surface area contributed by atoms with Crippen molar-refractivity contribution in [1.29, 1.82) is 0 Å². The third-order valence-electron chi connectivity index (χ3n) is 12.7. The number of rotatable bonds is 2. The van der Waals surface area contributed by atoms with Crippen LogP contribution in [0, 0.1) is 5.92 Å². The summed E-state index contributed by atoms with van der Waals surface area (Å²) in [4.78, 5) is 2.68. The zero-order chi connectivity index (χ0) is 34.8. The summed E-state index contributed by atoms with van der Waals surface area (Å²) in [5.74, 6) is 0.537. The molecular formula is C52H34S. The Morgan fingerprint density at radius 3 is 1.87 bits per heavy atom. The third kappa shape index (κ3) is 3.88. The highest BCUT2D eigenvalue weighted by Crippen LogP contribution is 2.64. The number of hydrogen-bond acceptors (Lipinski definition) is 1. The lowest BCUT2D eigenvalue weighted by molar-refractivity contribution is 0.534. The van der Waals surface area contributed by atoms with Crippen LogP contribution in [0.15, 0.2) is 191 Å². The zero-order valence-corrected chi connectivity index (χ0v) is 30.1. The molecule has 0 saturated carbocycles. The predicted molar refractivity (Wildman–Crippen MR) is 223 cm³/mol. The Morgan fingerprint density at radius 1 is 0.472 bits per heavy atom. The minimum Gasteiger partial charge on any atom is -0.0888 e. The van der Waals surface area contributed by atoms with E-state index in [-0.39, 0.29) is 17.3 Å². The van der Waals surface area contributed by atoms with E-state index in [1.807, 2.05) is 11.8 Å². The van der Waals surface area contributed by atoms with Gasteiger partial charge in [-0.15, -0.1) is 0 Å². The molecule has 8 aromatic rings. The first kappa shape index (κ1) is 29.7. The average Bonchev–Trinajstić information content (AvgIpc) is 3.52. The van der Waals surface area contributed by atoms with Crippen molar-refractivity contribution >= 4 is 38.9 Å². The van der Waals surface area contributed by atoms with E-state index in [1.54, 1.807) is 0 Å². The van der Waals surface area contributed by atoms with Crippen molar-refractivity contribution in [2.75, 3.05) is 0 Å². The molecule has 248 valence electrons. The van der Waals surface area contributed by atoms with Crippen molar-refractivity contribution in [3.8, 4) is 33.4 Å². The molecule has 0 saturated heterocycles. The molecule has 8 aromatic carbocycles. The highest BCUT2D eigenvalue weighted by molar-refractivity contribution is 7.99. The van der Waals surface area contributed by atoms with Gasteiger partial charge in [-0.2, -0.15) is 0 Å². The van der Waals surface area contributed by atoms with Crippen LogP contribution < -0.4 is 0 Å². The van der Waals surface area contributed by atoms with Gasteiger partial charge in [-0.25, -0.2) is 0 Å². The van der Waals surface area contributed by atoms with Crippen LogP contribution in [0.5, 0.6) is 0 Å². The van der Waals surface area contributed by atoms with Crippen molar-refractivity contribution in [2.24, 2.45) is 5.92 Å². The normalized spacial score (nSPS) is 20.0. The quantitative estimate of drug-likeness (QED) is 0.174. The van der Waals surface area contributed by atoms with Gasteiger partial charge in [0.25, 0.3) is 0 Å². The molecule has 0 nitrogen and oxygen atoms in total. The minimum atomic E-state index is -0.360. The second-order valence-electron chi connectivity index (χ2n) is 15.1. The summed E-state index contributed by atoms with van der Waals surface area (Å²) in [7, 11) is 0. The molecule has 1 heteroatoms. The smallest absolute Gasteiger partial charge is 0.0691 e. The predicted octanol–water partition coefficient (Wildman–Crippen LogP) is 13.9. The average molecular weight is 691 g/mol. The summed E-state index contributed by atoms with van der Waals surface area (Å²) in [6.45, 7) is 2.48. The molecule has 0 aromatic heterocycles. The largest absolute Gasteiger partial charge is 0.0888 e.